The van der Waals surface area contributed by atoms with E-state index in [2.05, 4.69) is 11.8 Å². The van der Waals surface area contributed by atoms with Crippen LogP contribution in [0.25, 0.3) is 0 Å². The highest BCUT2D eigenvalue weighted by Crippen LogP contribution is 2.57. The number of ether oxygens (including phenoxy) is 2. The Morgan fingerprint density at radius 2 is 1.56 bits per heavy atom. The van der Waals surface area contributed by atoms with E-state index in [-0.39, 0.29) is 17.1 Å². The van der Waals surface area contributed by atoms with Gasteiger partial charge in [0, 0.05) is 28.8 Å². The molecule has 2 aliphatic rings. The lowest BCUT2D eigenvalue weighted by Crippen LogP contribution is -2.32. The van der Waals surface area contributed by atoms with Crippen LogP contribution in [0.15, 0.2) is 54.6 Å². The Kier molecular flexibility index (Phi) is 4.14. The Morgan fingerprint density at radius 1 is 0.969 bits per heavy atom. The lowest BCUT2D eigenvalue weighted by Gasteiger charge is -2.36. The van der Waals surface area contributed by atoms with Crippen molar-refractivity contribution in [3.8, 4) is 34.8 Å². The summed E-state index contributed by atoms with van der Waals surface area (Å²) in [4.78, 5) is 25.0. The van der Waals surface area contributed by atoms with E-state index in [1.807, 2.05) is 0 Å². The first-order valence-electron chi connectivity index (χ1n) is 9.79. The molecule has 0 saturated heterocycles. The Morgan fingerprint density at radius 3 is 2.12 bits per heavy atom. The molecule has 1 amide bonds. The van der Waals surface area contributed by atoms with Gasteiger partial charge in [0.2, 0.25) is 5.91 Å². The van der Waals surface area contributed by atoms with Crippen LogP contribution in [0.3, 0.4) is 0 Å². The van der Waals surface area contributed by atoms with Crippen molar-refractivity contribution in [3.63, 3.8) is 0 Å². The maximum atomic E-state index is 13.1. The van der Waals surface area contributed by atoms with Crippen LogP contribution in [0.5, 0.6) is 23.0 Å². The van der Waals surface area contributed by atoms with Gasteiger partial charge < -0.3 is 25.4 Å². The minimum absolute atomic E-state index is 0.0233. The molecule has 0 saturated carbocycles. The molecule has 1 unspecified atom stereocenters. The van der Waals surface area contributed by atoms with E-state index in [0.717, 1.165) is 0 Å². The number of aromatic hydroxyl groups is 2. The third-order valence-electron chi connectivity index (χ3n) is 5.70. The van der Waals surface area contributed by atoms with Crippen LogP contribution in [-0.4, -0.2) is 22.1 Å². The summed E-state index contributed by atoms with van der Waals surface area (Å²) in [6, 6.07) is 14.0. The number of amides is 1. The molecule has 0 aromatic heterocycles. The summed E-state index contributed by atoms with van der Waals surface area (Å²) in [6.45, 7) is 1.60. The number of esters is 1. The molecular formula is C25H17NO6. The lowest BCUT2D eigenvalue weighted by molar-refractivity contribution is -0.118. The fraction of sp³-hybridized carbons (Fsp3) is 0.120. The van der Waals surface area contributed by atoms with E-state index >= 15 is 0 Å². The van der Waals surface area contributed by atoms with Crippen LogP contribution in [0.4, 0.5) is 0 Å². The topological polar surface area (TPSA) is 119 Å². The van der Waals surface area contributed by atoms with Gasteiger partial charge in [-0.15, -0.1) is 5.92 Å². The highest BCUT2D eigenvalue weighted by molar-refractivity contribution is 5.98. The van der Waals surface area contributed by atoms with Gasteiger partial charge in [0.25, 0.3) is 0 Å². The van der Waals surface area contributed by atoms with Crippen LogP contribution < -0.4 is 10.5 Å². The fourth-order valence-corrected chi connectivity index (χ4v) is 4.37. The number of carbonyl (C=O) groups is 2. The molecule has 158 valence electrons. The van der Waals surface area contributed by atoms with E-state index in [1.54, 1.807) is 37.3 Å². The molecule has 1 atom stereocenters. The van der Waals surface area contributed by atoms with E-state index in [1.165, 1.54) is 24.3 Å². The quantitative estimate of drug-likeness (QED) is 0.427. The Hall–Kier alpha value is -4.44. The first kappa shape index (κ1) is 19.5. The Labute approximate surface area is 183 Å². The van der Waals surface area contributed by atoms with Crippen molar-refractivity contribution in [2.75, 3.05) is 0 Å². The number of nitrogens with two attached hydrogens (primary N) is 1. The van der Waals surface area contributed by atoms with Gasteiger partial charge in [-0.2, -0.15) is 0 Å². The van der Waals surface area contributed by atoms with Gasteiger partial charge in [0.05, 0.1) is 5.56 Å². The first-order valence-corrected chi connectivity index (χ1v) is 9.79. The largest absolute Gasteiger partial charge is 0.508 e. The van der Waals surface area contributed by atoms with Gasteiger partial charge in [0.1, 0.15) is 28.9 Å². The SMILES string of the molecule is CC#CC(C(N)=O)c1ccc2c(c1)C(=O)OC21c2ccc(O)cc2Oc2cc(O)ccc21. The molecule has 3 aromatic rings. The van der Waals surface area contributed by atoms with E-state index in [9.17, 15) is 19.8 Å². The molecule has 0 bridgehead atoms. The standard InChI is InChI=1S/C25H17NO6/c1-2-3-16(23(26)29)13-4-7-18-17(10-13)24(30)32-25(18)19-8-5-14(27)11-21(19)31-22-12-15(28)6-9-20(22)25/h4-12,16,27-28H,1H3,(H2,26,29). The summed E-state index contributed by atoms with van der Waals surface area (Å²) < 4.78 is 11.9. The van der Waals surface area contributed by atoms with E-state index < -0.39 is 23.4 Å². The van der Waals surface area contributed by atoms with Gasteiger partial charge in [-0.1, -0.05) is 18.1 Å². The van der Waals surface area contributed by atoms with Crippen molar-refractivity contribution < 1.29 is 29.3 Å². The maximum Gasteiger partial charge on any atom is 0.340 e. The normalized spacial score (nSPS) is 15.3. The fourth-order valence-electron chi connectivity index (χ4n) is 4.37. The molecule has 0 aliphatic carbocycles. The molecule has 0 fully saturated rings. The van der Waals surface area contributed by atoms with Crippen molar-refractivity contribution in [2.24, 2.45) is 5.73 Å². The van der Waals surface area contributed by atoms with Crippen molar-refractivity contribution >= 4 is 11.9 Å². The lowest BCUT2D eigenvalue weighted by atomic mass is 9.77. The zero-order valence-electron chi connectivity index (χ0n) is 16.9. The predicted molar refractivity (Wildman–Crippen MR) is 113 cm³/mol. The summed E-state index contributed by atoms with van der Waals surface area (Å²) in [5, 5.41) is 20.0. The zero-order chi connectivity index (χ0) is 22.6. The second-order valence-electron chi connectivity index (χ2n) is 7.57. The zero-order valence-corrected chi connectivity index (χ0v) is 16.9. The molecule has 5 rings (SSSR count). The van der Waals surface area contributed by atoms with Crippen LogP contribution in [0.2, 0.25) is 0 Å². The summed E-state index contributed by atoms with van der Waals surface area (Å²) in [5.74, 6) is 3.92. The molecule has 7 nitrogen and oxygen atoms in total. The minimum Gasteiger partial charge on any atom is -0.508 e. The summed E-state index contributed by atoms with van der Waals surface area (Å²) in [5.41, 5.74) is 6.50. The number of fused-ring (bicyclic) bond motifs is 6. The van der Waals surface area contributed by atoms with Crippen molar-refractivity contribution in [3.05, 3.63) is 82.4 Å². The third-order valence-corrected chi connectivity index (χ3v) is 5.70. The highest BCUT2D eigenvalue weighted by Gasteiger charge is 2.53. The number of phenolic OH excluding ortho intramolecular Hbond substituents is 2. The number of rotatable bonds is 2. The van der Waals surface area contributed by atoms with Crippen molar-refractivity contribution in [2.45, 2.75) is 18.4 Å². The van der Waals surface area contributed by atoms with Crippen LogP contribution in [0.1, 0.15) is 45.5 Å². The smallest absolute Gasteiger partial charge is 0.340 e. The van der Waals surface area contributed by atoms with E-state index in [4.69, 9.17) is 15.2 Å². The van der Waals surface area contributed by atoms with Crippen molar-refractivity contribution in [1.82, 2.24) is 0 Å². The molecule has 2 heterocycles. The van der Waals surface area contributed by atoms with Gasteiger partial charge >= 0.3 is 5.97 Å². The van der Waals surface area contributed by atoms with Gasteiger partial charge in [-0.25, -0.2) is 4.79 Å². The molecule has 4 N–H and O–H groups in total. The molecular weight excluding hydrogens is 410 g/mol. The molecule has 3 aromatic carbocycles. The Bertz CT molecular complexity index is 1330. The van der Waals surface area contributed by atoms with E-state index in [0.29, 0.717) is 33.8 Å². The molecule has 0 radical (unpaired) electrons. The molecule has 7 heteroatoms. The minimum atomic E-state index is -1.35. The second-order valence-corrected chi connectivity index (χ2v) is 7.57. The predicted octanol–water partition coefficient (Wildman–Crippen LogP) is 3.26. The van der Waals surface area contributed by atoms with Crippen LogP contribution in [-0.2, 0) is 15.1 Å². The van der Waals surface area contributed by atoms with Crippen LogP contribution >= 0.6 is 0 Å². The molecule has 2 aliphatic heterocycles. The Balaban J connectivity index is 1.79. The number of benzene rings is 3. The number of phenols is 2. The third kappa shape index (κ3) is 2.63. The second kappa shape index (κ2) is 6.79. The number of primary amides is 1. The number of carbonyl (C=O) groups excluding carboxylic acids is 2. The van der Waals surface area contributed by atoms with Gasteiger partial charge in [0.15, 0.2) is 5.60 Å². The van der Waals surface area contributed by atoms with Gasteiger partial charge in [-0.05, 0) is 42.8 Å². The average molecular weight is 427 g/mol. The van der Waals surface area contributed by atoms with Crippen molar-refractivity contribution in [1.29, 1.82) is 0 Å². The molecule has 32 heavy (non-hydrogen) atoms. The molecule has 1 spiro atoms. The van der Waals surface area contributed by atoms with Gasteiger partial charge in [-0.3, -0.25) is 4.79 Å². The summed E-state index contributed by atoms with van der Waals surface area (Å²) >= 11 is 0. The highest BCUT2D eigenvalue weighted by atomic mass is 16.6. The average Bonchev–Trinajstić information content (AvgIpc) is 3.04. The summed E-state index contributed by atoms with van der Waals surface area (Å²) in [6.07, 6.45) is 0. The maximum absolute atomic E-state index is 13.1. The number of hydrogen-bond donors (Lipinski definition) is 3. The monoisotopic (exact) mass is 427 g/mol. The first-order chi connectivity index (χ1) is 15.3. The number of hydrogen-bond acceptors (Lipinski definition) is 6. The summed E-state index contributed by atoms with van der Waals surface area (Å²) in [7, 11) is 0. The van der Waals surface area contributed by atoms with Crippen LogP contribution in [0, 0.1) is 11.8 Å².